The van der Waals surface area contributed by atoms with Crippen LogP contribution in [-0.4, -0.2) is 170 Å². The molecule has 11 nitrogen and oxygen atoms in total. The van der Waals surface area contributed by atoms with E-state index >= 15 is 0 Å². The van der Waals surface area contributed by atoms with Gasteiger partial charge in [0.2, 0.25) is 0 Å². The maximum absolute atomic E-state index is 5.98. The number of rotatable bonds is 18. The van der Waals surface area contributed by atoms with Crippen molar-refractivity contribution >= 4 is 62.5 Å². The second-order valence-electron chi connectivity index (χ2n) is 41.0. The van der Waals surface area contributed by atoms with Gasteiger partial charge in [0.15, 0.2) is 0 Å². The van der Waals surface area contributed by atoms with Gasteiger partial charge in [0.1, 0.15) is 11.5 Å². The predicted octanol–water partition coefficient (Wildman–Crippen LogP) is 24.5. The van der Waals surface area contributed by atoms with Gasteiger partial charge >= 0.3 is 77.5 Å². The number of benzene rings is 7. The van der Waals surface area contributed by atoms with Crippen LogP contribution in [0.1, 0.15) is 162 Å². The summed E-state index contributed by atoms with van der Waals surface area (Å²) in [5.41, 5.74) is 13.7. The van der Waals surface area contributed by atoms with E-state index in [1.54, 1.807) is 7.11 Å². The molecule has 12 atom stereocenters. The fraction of sp³-hybridized carbons (Fsp3) is 0.469. The number of nitrogens with zero attached hydrogens (tertiary/aromatic N) is 9. The molecule has 6 aliphatic carbocycles. The molecule has 0 bridgehead atoms. The van der Waals surface area contributed by atoms with Crippen LogP contribution in [-0.2, 0) is 87.0 Å². The number of hydrogen-bond donors (Lipinski definition) is 0. The smallest absolute Gasteiger partial charge is 0.660 e. The van der Waals surface area contributed by atoms with Crippen LogP contribution in [0, 0.1) is 92.4 Å². The van der Waals surface area contributed by atoms with Gasteiger partial charge in [-0.1, -0.05) is 320 Å². The number of likely N-dealkylation sites (tertiary alicyclic amines) is 3. The summed E-state index contributed by atoms with van der Waals surface area (Å²) in [4.78, 5) is 31.8. The van der Waals surface area contributed by atoms with Gasteiger partial charge in [0.05, 0.1) is 14.2 Å². The minimum Gasteiger partial charge on any atom is -0.660 e. The zero-order valence-electron chi connectivity index (χ0n) is 85.2. The molecule has 0 radical (unpaired) electrons. The fourth-order valence-electron chi connectivity index (χ4n) is 22.3. The second-order valence-corrected chi connectivity index (χ2v) is 52.6. The van der Waals surface area contributed by atoms with Crippen molar-refractivity contribution in [3.05, 3.63) is 339 Å². The molecule has 7 aromatic rings. The topological polar surface area (TPSA) is 80.2 Å². The van der Waals surface area contributed by atoms with Crippen molar-refractivity contribution < 1.29 is 87.0 Å². The first-order chi connectivity index (χ1) is 58.9. The van der Waals surface area contributed by atoms with Crippen molar-refractivity contribution in [2.75, 3.05) is 110 Å². The third-order valence-corrected chi connectivity index (χ3v) is 41.3. The third kappa shape index (κ3) is 28.9. The molecule has 12 unspecified atom stereocenters. The number of aryl methyl sites for hydroxylation is 2. The van der Waals surface area contributed by atoms with Crippen molar-refractivity contribution in [3.8, 4) is 0 Å². The summed E-state index contributed by atoms with van der Waals surface area (Å²) in [7, 11) is 9.03. The first-order valence-electron chi connectivity index (χ1n) is 46.6. The van der Waals surface area contributed by atoms with Gasteiger partial charge in [-0.2, -0.15) is 55.7 Å². The van der Waals surface area contributed by atoms with Gasteiger partial charge in [-0.05, 0) is 226 Å². The van der Waals surface area contributed by atoms with Crippen LogP contribution in [0.25, 0.3) is 14.9 Å². The summed E-state index contributed by atoms with van der Waals surface area (Å²) in [6.45, 7) is 53.6. The molecule has 16 rings (SSSR count). The molecule has 3 aliphatic heterocycles. The summed E-state index contributed by atoms with van der Waals surface area (Å²) in [6, 6.07) is 67.7. The SMILES string of the molecule is CC1=CC2C(C=C1)C([Si]([N-]C(C)(C)C)(c1ccccc1)c1ccccc1)CC2N1CCCC1.COC1=CC2C(C=C1)C([Si](C)(C)[N-]C(C)(C)C)CC2N1CCCC1.COC1=CC2C(C=C1C)C([Si]([N-]C(C)(C)C)(c1ccc(C)cc1)c1ccc(C)cc1)CC2N1CCCC1.[CH2-]c1ccccc1N(C)C.[CH2-]c1ccccc1N(C)C.[CH2-]c1ccccc1N(C)C.[CH3-].[CH3-].[CH3-].[Sc+3].[Sc+3].[Sc+3]. The van der Waals surface area contributed by atoms with Crippen LogP contribution in [0.2, 0.25) is 29.7 Å². The summed E-state index contributed by atoms with van der Waals surface area (Å²) in [6.07, 6.45) is 31.4. The quantitative estimate of drug-likeness (QED) is 0.0621. The van der Waals surface area contributed by atoms with Crippen LogP contribution < -0.4 is 35.4 Å². The molecule has 3 saturated carbocycles. The fourth-order valence-corrected chi connectivity index (χ4v) is 37.4. The Kier molecular flexibility index (Phi) is 45.3. The van der Waals surface area contributed by atoms with E-state index in [0.717, 1.165) is 33.7 Å². The van der Waals surface area contributed by atoms with E-state index in [-0.39, 0.29) is 116 Å². The molecule has 130 heavy (non-hydrogen) atoms. The van der Waals surface area contributed by atoms with Gasteiger partial charge in [0.25, 0.3) is 0 Å². The van der Waals surface area contributed by atoms with Gasteiger partial charge in [-0.25, -0.2) is 0 Å². The molecule has 7 aromatic carbocycles. The van der Waals surface area contributed by atoms with Crippen molar-refractivity contribution in [2.24, 2.45) is 35.5 Å². The monoisotopic (exact) mass is 1900 g/mol. The van der Waals surface area contributed by atoms with Gasteiger partial charge in [-0.3, -0.25) is 14.7 Å². The van der Waals surface area contributed by atoms with Gasteiger partial charge in [0, 0.05) is 46.4 Å². The summed E-state index contributed by atoms with van der Waals surface area (Å²) in [5, 5.41) is 5.85. The molecule has 0 aromatic heterocycles. The standard InChI is InChI=1S/C33H45N2OSi.C30H39N2Si.C20H35N2OSi.3C9H12N.3CH3.3Sc/c1-23-10-14-26(15-11-23)37(34-33(4,5)6,27-16-12-24(2)13-17-27)32-22-30(35-18-8-9-19-35)28-21-31(36-7)25(3)20-29(28)32;1-23-17-18-26-27(21-23)28(32-19-11-12-20-32)22-29(26)33(31-30(2,3)4,24-13-7-5-8-14-24)25-15-9-6-10-16-25;1-20(2,3)21-24(5,6)19-14-18(22-11-7-8-12-22)17-13-15(23-4)9-10-16(17)19;3*1-8-6-4-5-7-9(8)10(2)3;;;;;;/h10-17,20-21,28-30,32H,8-9,18-19,22H2,1-7H3;5-10,13-18,21,26-29H,11-12,19-20,22H2,1-4H3;9-10,13,16-19H,7-8,11-12,14H2,1-6H3;3*4-7H,1H2,2-3H3;3*1H3;;;/q9*-1;3*+3. The Balaban J connectivity index is 0.000000294. The number of para-hydroxylation sites is 3. The predicted molar refractivity (Wildman–Crippen MR) is 563 cm³/mol. The average Bonchev–Trinajstić information content (AvgIpc) is 1.53. The Morgan fingerprint density at radius 1 is 0.354 bits per heavy atom. The first-order valence-corrected chi connectivity index (χ1v) is 53.6. The number of ether oxygens (including phenoxy) is 2. The molecular weight excluding hydrogens is 1730 g/mol. The molecule has 0 N–H and O–H groups in total. The maximum atomic E-state index is 5.98. The molecule has 0 amide bonds. The second kappa shape index (κ2) is 51.1. The average molecular weight is 1900 g/mol. The van der Waals surface area contributed by atoms with Crippen LogP contribution in [0.5, 0.6) is 0 Å². The van der Waals surface area contributed by atoms with Crippen LogP contribution >= 0.6 is 0 Å². The van der Waals surface area contributed by atoms with E-state index in [4.69, 9.17) is 24.4 Å². The Hall–Kier alpha value is -5.39. The van der Waals surface area contributed by atoms with E-state index in [9.17, 15) is 0 Å². The van der Waals surface area contributed by atoms with E-state index in [0.29, 0.717) is 64.7 Å². The normalized spacial score (nSPS) is 23.2. The summed E-state index contributed by atoms with van der Waals surface area (Å²) < 4.78 is 11.4. The largest absolute Gasteiger partial charge is 3.00 e. The summed E-state index contributed by atoms with van der Waals surface area (Å²) >= 11 is 0. The minimum atomic E-state index is -2.58. The number of methoxy groups -OCH3 is 2. The molecule has 0 spiro atoms. The Labute approximate surface area is 853 Å². The van der Waals surface area contributed by atoms with Crippen LogP contribution in [0.15, 0.2) is 253 Å². The maximum Gasteiger partial charge on any atom is 3.00 e. The first kappa shape index (κ1) is 115. The molecule has 6 fully saturated rings. The van der Waals surface area contributed by atoms with Gasteiger partial charge in [-0.15, -0.1) is 34.8 Å². The van der Waals surface area contributed by atoms with Crippen molar-refractivity contribution in [1.82, 2.24) is 14.7 Å². The number of anilines is 3. The molecule has 3 saturated heterocycles. The molecule has 3 heterocycles. The van der Waals surface area contributed by atoms with Crippen molar-refractivity contribution in [3.63, 3.8) is 0 Å². The summed E-state index contributed by atoms with van der Waals surface area (Å²) in [5.74, 6) is 5.46. The molecular formula is C113H164N9O2Sc3Si3. The van der Waals surface area contributed by atoms with E-state index in [1.165, 1.54) is 157 Å². The number of allylic oxidation sites excluding steroid dienone is 7. The van der Waals surface area contributed by atoms with Crippen molar-refractivity contribution in [2.45, 2.75) is 212 Å². The molecule has 694 valence electrons. The molecule has 9 aliphatic rings. The third-order valence-electron chi connectivity index (χ3n) is 27.3. The zero-order chi connectivity index (χ0) is 89.6. The molecule has 17 heteroatoms. The van der Waals surface area contributed by atoms with Crippen molar-refractivity contribution in [1.29, 1.82) is 0 Å². The van der Waals surface area contributed by atoms with E-state index < -0.39 is 24.7 Å². The Morgan fingerprint density at radius 3 is 0.992 bits per heavy atom. The van der Waals surface area contributed by atoms with E-state index in [1.807, 2.05) is 104 Å². The Bertz CT molecular complexity index is 4540. The number of hydrogen-bond acceptors (Lipinski definition) is 8. The zero-order valence-corrected chi connectivity index (χ0v) is 93.6. The van der Waals surface area contributed by atoms with E-state index in [2.05, 4.69) is 329 Å². The van der Waals surface area contributed by atoms with Crippen LogP contribution in [0.4, 0.5) is 17.1 Å². The van der Waals surface area contributed by atoms with Crippen LogP contribution in [0.3, 0.4) is 0 Å². The van der Waals surface area contributed by atoms with Gasteiger partial charge < -0.3 is 61.4 Å². The number of fused-ring (bicyclic) bond motifs is 3. The Morgan fingerprint density at radius 2 is 0.662 bits per heavy atom. The minimum absolute atomic E-state index is 0.